The van der Waals surface area contributed by atoms with Crippen LogP contribution >= 0.6 is 0 Å². The van der Waals surface area contributed by atoms with E-state index >= 15 is 0 Å². The first-order valence-corrected chi connectivity index (χ1v) is 4.74. The Morgan fingerprint density at radius 1 is 1.38 bits per heavy atom. The molecule has 0 unspecified atom stereocenters. The zero-order valence-corrected chi connectivity index (χ0v) is 9.02. The number of ketones is 1. The number of Topliss-reactive ketones (excluding diaryl/α,β-unsaturated/α-hetero) is 1. The maximum atomic E-state index is 11.4. The van der Waals surface area contributed by atoms with Crippen molar-refractivity contribution in [2.45, 2.75) is 6.92 Å². The van der Waals surface area contributed by atoms with E-state index in [1.807, 2.05) is 0 Å². The van der Waals surface area contributed by atoms with E-state index in [9.17, 15) is 4.79 Å². The van der Waals surface area contributed by atoms with Gasteiger partial charge in [-0.3, -0.25) is 4.79 Å². The predicted octanol–water partition coefficient (Wildman–Crippen LogP) is 1.42. The maximum Gasteiger partial charge on any atom is 0.221 e. The lowest BCUT2D eigenvalue weighted by molar-refractivity contribution is 0.101. The molecule has 2 aromatic rings. The number of hydrogen-bond acceptors (Lipinski definition) is 5. The average molecular weight is 217 g/mol. The summed E-state index contributed by atoms with van der Waals surface area (Å²) < 4.78 is 5.08. The first-order valence-electron chi connectivity index (χ1n) is 4.74. The van der Waals surface area contributed by atoms with Crippen LogP contribution in [0.15, 0.2) is 18.2 Å². The van der Waals surface area contributed by atoms with E-state index in [0.717, 1.165) is 0 Å². The van der Waals surface area contributed by atoms with Crippen molar-refractivity contribution >= 4 is 22.6 Å². The number of methoxy groups -OCH3 is 1. The Morgan fingerprint density at radius 3 is 2.75 bits per heavy atom. The van der Waals surface area contributed by atoms with Crippen LogP contribution in [0.1, 0.15) is 17.4 Å². The third kappa shape index (κ3) is 1.67. The molecule has 0 aliphatic rings. The van der Waals surface area contributed by atoms with Crippen LogP contribution in [-0.2, 0) is 0 Å². The molecule has 0 spiro atoms. The van der Waals surface area contributed by atoms with Crippen LogP contribution in [0, 0.1) is 0 Å². The summed E-state index contributed by atoms with van der Waals surface area (Å²) in [5.41, 5.74) is 6.49. The Balaban J connectivity index is 2.78. The Kier molecular flexibility index (Phi) is 2.44. The minimum atomic E-state index is -0.135. The maximum absolute atomic E-state index is 11.4. The highest BCUT2D eigenvalue weighted by Crippen LogP contribution is 2.22. The second-order valence-corrected chi connectivity index (χ2v) is 3.37. The van der Waals surface area contributed by atoms with Gasteiger partial charge in [0.2, 0.25) is 5.95 Å². The minimum absolute atomic E-state index is 0.0888. The molecule has 0 fully saturated rings. The largest absolute Gasteiger partial charge is 0.497 e. The highest BCUT2D eigenvalue weighted by Gasteiger charge is 2.10. The van der Waals surface area contributed by atoms with Gasteiger partial charge in [-0.2, -0.15) is 0 Å². The van der Waals surface area contributed by atoms with Gasteiger partial charge in [0.05, 0.1) is 12.6 Å². The van der Waals surface area contributed by atoms with Crippen molar-refractivity contribution in [1.82, 2.24) is 9.97 Å². The zero-order chi connectivity index (χ0) is 11.7. The first kappa shape index (κ1) is 10.4. The molecule has 0 aliphatic carbocycles. The molecule has 0 amide bonds. The second kappa shape index (κ2) is 3.77. The van der Waals surface area contributed by atoms with E-state index in [1.54, 1.807) is 25.3 Å². The van der Waals surface area contributed by atoms with Crippen LogP contribution in [0.25, 0.3) is 10.9 Å². The summed E-state index contributed by atoms with van der Waals surface area (Å²) in [6.45, 7) is 1.45. The summed E-state index contributed by atoms with van der Waals surface area (Å²) >= 11 is 0. The number of rotatable bonds is 2. The molecule has 1 aromatic heterocycles. The third-order valence-corrected chi connectivity index (χ3v) is 2.25. The number of nitrogens with zero attached hydrogens (tertiary/aromatic N) is 2. The van der Waals surface area contributed by atoms with Crippen LogP contribution in [0.2, 0.25) is 0 Å². The normalized spacial score (nSPS) is 10.4. The number of carbonyl (C=O) groups excluding carboxylic acids is 1. The number of ether oxygens (including phenoxy) is 1. The van der Waals surface area contributed by atoms with Crippen molar-refractivity contribution in [3.8, 4) is 5.75 Å². The summed E-state index contributed by atoms with van der Waals surface area (Å²) in [4.78, 5) is 19.4. The van der Waals surface area contributed by atoms with Gasteiger partial charge in [-0.15, -0.1) is 0 Å². The molecule has 0 saturated heterocycles. The minimum Gasteiger partial charge on any atom is -0.497 e. The van der Waals surface area contributed by atoms with Crippen LogP contribution in [0.4, 0.5) is 5.95 Å². The van der Waals surface area contributed by atoms with Gasteiger partial charge in [0, 0.05) is 18.4 Å². The van der Waals surface area contributed by atoms with Crippen molar-refractivity contribution in [3.05, 3.63) is 23.9 Å². The number of benzene rings is 1. The third-order valence-electron chi connectivity index (χ3n) is 2.25. The van der Waals surface area contributed by atoms with Gasteiger partial charge in [0.15, 0.2) is 5.78 Å². The Bertz CT molecular complexity index is 566. The van der Waals surface area contributed by atoms with Crippen molar-refractivity contribution in [2.24, 2.45) is 0 Å². The number of nitrogen functional groups attached to an aromatic ring is 1. The molecule has 5 heteroatoms. The van der Waals surface area contributed by atoms with E-state index in [1.165, 1.54) is 6.92 Å². The SMILES string of the molecule is COc1ccc2c(C(C)=O)nc(N)nc2c1. The van der Waals surface area contributed by atoms with Crippen molar-refractivity contribution < 1.29 is 9.53 Å². The fourth-order valence-electron chi connectivity index (χ4n) is 1.52. The zero-order valence-electron chi connectivity index (χ0n) is 9.02. The molecule has 5 nitrogen and oxygen atoms in total. The van der Waals surface area contributed by atoms with Crippen LogP contribution in [-0.4, -0.2) is 22.9 Å². The molecule has 0 bridgehead atoms. The van der Waals surface area contributed by atoms with Gasteiger partial charge < -0.3 is 10.5 Å². The van der Waals surface area contributed by atoms with Gasteiger partial charge in [0.1, 0.15) is 11.4 Å². The summed E-state index contributed by atoms with van der Waals surface area (Å²) in [6, 6.07) is 5.23. The summed E-state index contributed by atoms with van der Waals surface area (Å²) in [5.74, 6) is 0.621. The molecule has 2 N–H and O–H groups in total. The van der Waals surface area contributed by atoms with E-state index in [4.69, 9.17) is 10.5 Å². The smallest absolute Gasteiger partial charge is 0.221 e. The summed E-state index contributed by atoms with van der Waals surface area (Å²) in [5, 5.41) is 0.683. The Morgan fingerprint density at radius 2 is 2.12 bits per heavy atom. The van der Waals surface area contributed by atoms with Gasteiger partial charge in [-0.1, -0.05) is 0 Å². The Hall–Kier alpha value is -2.17. The number of carbonyl (C=O) groups is 1. The molecule has 1 heterocycles. The van der Waals surface area contributed by atoms with E-state index in [2.05, 4.69) is 9.97 Å². The van der Waals surface area contributed by atoms with E-state index in [-0.39, 0.29) is 11.7 Å². The predicted molar refractivity (Wildman–Crippen MR) is 60.5 cm³/mol. The lowest BCUT2D eigenvalue weighted by atomic mass is 10.1. The number of aromatic nitrogens is 2. The summed E-state index contributed by atoms with van der Waals surface area (Å²) in [7, 11) is 1.57. The highest BCUT2D eigenvalue weighted by atomic mass is 16.5. The molecule has 1 aromatic carbocycles. The highest BCUT2D eigenvalue weighted by molar-refractivity contribution is 6.04. The molecule has 0 aliphatic heterocycles. The number of hydrogen-bond donors (Lipinski definition) is 1. The van der Waals surface area contributed by atoms with Crippen molar-refractivity contribution in [1.29, 1.82) is 0 Å². The average Bonchev–Trinajstić information content (AvgIpc) is 2.26. The summed E-state index contributed by atoms with van der Waals surface area (Å²) in [6.07, 6.45) is 0. The van der Waals surface area contributed by atoms with Crippen LogP contribution < -0.4 is 10.5 Å². The van der Waals surface area contributed by atoms with Gasteiger partial charge in [-0.25, -0.2) is 9.97 Å². The van der Waals surface area contributed by atoms with Crippen molar-refractivity contribution in [2.75, 3.05) is 12.8 Å². The second-order valence-electron chi connectivity index (χ2n) is 3.37. The molecule has 0 saturated carbocycles. The van der Waals surface area contributed by atoms with Crippen LogP contribution in [0.3, 0.4) is 0 Å². The van der Waals surface area contributed by atoms with Crippen molar-refractivity contribution in [3.63, 3.8) is 0 Å². The quantitative estimate of drug-likeness (QED) is 0.770. The number of nitrogens with two attached hydrogens (primary N) is 1. The van der Waals surface area contributed by atoms with E-state index < -0.39 is 0 Å². The van der Waals surface area contributed by atoms with Gasteiger partial charge in [-0.05, 0) is 12.1 Å². The molecular weight excluding hydrogens is 206 g/mol. The number of anilines is 1. The topological polar surface area (TPSA) is 78.1 Å². The monoisotopic (exact) mass is 217 g/mol. The fraction of sp³-hybridized carbons (Fsp3) is 0.182. The lowest BCUT2D eigenvalue weighted by Gasteiger charge is -2.05. The van der Waals surface area contributed by atoms with Crippen LogP contribution in [0.5, 0.6) is 5.75 Å². The molecule has 82 valence electrons. The molecule has 16 heavy (non-hydrogen) atoms. The molecular formula is C11H11N3O2. The van der Waals surface area contributed by atoms with E-state index in [0.29, 0.717) is 22.3 Å². The van der Waals surface area contributed by atoms with Gasteiger partial charge >= 0.3 is 0 Å². The first-order chi connectivity index (χ1) is 7.61. The molecule has 2 rings (SSSR count). The fourth-order valence-corrected chi connectivity index (χ4v) is 1.52. The number of fused-ring (bicyclic) bond motifs is 1. The molecule has 0 atom stereocenters. The van der Waals surface area contributed by atoms with Gasteiger partial charge in [0.25, 0.3) is 0 Å². The Labute approximate surface area is 92.3 Å². The molecule has 0 radical (unpaired) electrons. The lowest BCUT2D eigenvalue weighted by Crippen LogP contribution is -2.04. The standard InChI is InChI=1S/C11H11N3O2/c1-6(15)10-8-4-3-7(16-2)5-9(8)13-11(12)14-10/h3-5H,1-2H3,(H2,12,13,14).